The summed E-state index contributed by atoms with van der Waals surface area (Å²) in [7, 11) is 3.13. The Hall–Kier alpha value is -1.92. The molecule has 0 unspecified atom stereocenters. The molecule has 0 aliphatic carbocycles. The maximum absolute atomic E-state index is 8.86. The molecule has 0 spiro atoms. The second-order valence-electron chi connectivity index (χ2n) is 4.34. The van der Waals surface area contributed by atoms with Crippen molar-refractivity contribution >= 4 is 17.3 Å². The topological polar surface area (TPSA) is 68.5 Å². The first-order valence-corrected chi connectivity index (χ1v) is 6.84. The quantitative estimate of drug-likeness (QED) is 0.820. The van der Waals surface area contributed by atoms with Gasteiger partial charge < -0.3 is 19.9 Å². The van der Waals surface area contributed by atoms with Gasteiger partial charge in [-0.25, -0.2) is 0 Å². The van der Waals surface area contributed by atoms with Gasteiger partial charge in [0, 0.05) is 12.7 Å². The van der Waals surface area contributed by atoms with Crippen LogP contribution in [-0.2, 0) is 13.1 Å². The number of aliphatic hydroxyl groups excluding tert-OH is 1. The average molecular weight is 312 g/mol. The first-order valence-electron chi connectivity index (χ1n) is 6.46. The van der Waals surface area contributed by atoms with Gasteiger partial charge in [0.1, 0.15) is 0 Å². The van der Waals surface area contributed by atoms with Gasteiger partial charge in [-0.3, -0.25) is 4.68 Å². The molecule has 0 atom stereocenters. The fourth-order valence-corrected chi connectivity index (χ4v) is 2.24. The fraction of sp³-hybridized carbons (Fsp3) is 0.357. The fourth-order valence-electron chi connectivity index (χ4n) is 1.94. The standard InChI is InChI=1S/C14H18ClN3O3/c1-20-12-4-3-10(13(15)14(12)21-2)7-16-11-8-17-18(9-11)5-6-19/h3-4,8-9,16,19H,5-7H2,1-2H3. The monoisotopic (exact) mass is 311 g/mol. The van der Waals surface area contributed by atoms with Gasteiger partial charge in [-0.2, -0.15) is 5.10 Å². The Bertz CT molecular complexity index is 601. The number of hydrogen-bond donors (Lipinski definition) is 2. The van der Waals surface area contributed by atoms with Gasteiger partial charge in [-0.15, -0.1) is 0 Å². The molecule has 1 heterocycles. The summed E-state index contributed by atoms with van der Waals surface area (Å²) in [5.41, 5.74) is 1.75. The molecule has 0 saturated heterocycles. The van der Waals surface area contributed by atoms with Crippen molar-refractivity contribution < 1.29 is 14.6 Å². The van der Waals surface area contributed by atoms with E-state index in [1.807, 2.05) is 18.3 Å². The first-order chi connectivity index (χ1) is 10.2. The first kappa shape index (κ1) is 15.5. The molecule has 0 aliphatic rings. The number of aromatic nitrogens is 2. The smallest absolute Gasteiger partial charge is 0.179 e. The normalized spacial score (nSPS) is 10.5. The van der Waals surface area contributed by atoms with Crippen molar-refractivity contribution in [3.8, 4) is 11.5 Å². The van der Waals surface area contributed by atoms with Gasteiger partial charge in [0.2, 0.25) is 0 Å². The molecular weight excluding hydrogens is 294 g/mol. The maximum Gasteiger partial charge on any atom is 0.179 e. The van der Waals surface area contributed by atoms with E-state index in [2.05, 4.69) is 10.4 Å². The minimum absolute atomic E-state index is 0.0582. The number of nitrogens with zero attached hydrogens (tertiary/aromatic N) is 2. The molecule has 21 heavy (non-hydrogen) atoms. The minimum Gasteiger partial charge on any atom is -0.493 e. The molecule has 0 saturated carbocycles. The Labute approximate surface area is 128 Å². The second-order valence-corrected chi connectivity index (χ2v) is 4.72. The number of aliphatic hydroxyl groups is 1. The Balaban J connectivity index is 2.08. The van der Waals surface area contributed by atoms with Gasteiger partial charge in [-0.1, -0.05) is 17.7 Å². The van der Waals surface area contributed by atoms with Crippen molar-refractivity contribution in [2.45, 2.75) is 13.1 Å². The van der Waals surface area contributed by atoms with Crippen LogP contribution in [0.1, 0.15) is 5.56 Å². The molecule has 2 rings (SSSR count). The lowest BCUT2D eigenvalue weighted by Crippen LogP contribution is -2.03. The van der Waals surface area contributed by atoms with Gasteiger partial charge >= 0.3 is 0 Å². The zero-order valence-electron chi connectivity index (χ0n) is 12.0. The highest BCUT2D eigenvalue weighted by Gasteiger charge is 2.13. The zero-order valence-corrected chi connectivity index (χ0v) is 12.7. The van der Waals surface area contributed by atoms with Crippen LogP contribution in [-0.4, -0.2) is 35.7 Å². The SMILES string of the molecule is COc1ccc(CNc2cnn(CCO)c2)c(Cl)c1OC. The summed E-state index contributed by atoms with van der Waals surface area (Å²) in [4.78, 5) is 0. The highest BCUT2D eigenvalue weighted by atomic mass is 35.5. The van der Waals surface area contributed by atoms with Crippen LogP contribution in [0.4, 0.5) is 5.69 Å². The molecule has 0 bridgehead atoms. The van der Waals surface area contributed by atoms with Crippen LogP contribution in [0, 0.1) is 0 Å². The van der Waals surface area contributed by atoms with Crippen LogP contribution in [0.3, 0.4) is 0 Å². The van der Waals surface area contributed by atoms with E-state index < -0.39 is 0 Å². The molecule has 2 aromatic rings. The number of benzene rings is 1. The van der Waals surface area contributed by atoms with E-state index in [0.717, 1.165) is 11.3 Å². The van der Waals surface area contributed by atoms with Crippen molar-refractivity contribution in [1.29, 1.82) is 0 Å². The van der Waals surface area contributed by atoms with E-state index >= 15 is 0 Å². The summed E-state index contributed by atoms with van der Waals surface area (Å²) in [5, 5.41) is 16.7. The summed E-state index contributed by atoms with van der Waals surface area (Å²) >= 11 is 6.32. The van der Waals surface area contributed by atoms with Crippen molar-refractivity contribution in [1.82, 2.24) is 9.78 Å². The van der Waals surface area contributed by atoms with Crippen LogP contribution in [0.2, 0.25) is 5.02 Å². The third-order valence-electron chi connectivity index (χ3n) is 3.01. The lowest BCUT2D eigenvalue weighted by atomic mass is 10.2. The zero-order chi connectivity index (χ0) is 15.2. The Morgan fingerprint density at radius 3 is 2.81 bits per heavy atom. The van der Waals surface area contributed by atoms with Crippen molar-refractivity contribution in [2.75, 3.05) is 26.1 Å². The van der Waals surface area contributed by atoms with Gasteiger partial charge in [0.25, 0.3) is 0 Å². The molecule has 1 aromatic heterocycles. The number of ether oxygens (including phenoxy) is 2. The molecule has 0 fully saturated rings. The lowest BCUT2D eigenvalue weighted by Gasteiger charge is -2.13. The number of halogens is 1. The highest BCUT2D eigenvalue weighted by molar-refractivity contribution is 6.33. The molecule has 114 valence electrons. The lowest BCUT2D eigenvalue weighted by molar-refractivity contribution is 0.269. The highest BCUT2D eigenvalue weighted by Crippen LogP contribution is 2.37. The van der Waals surface area contributed by atoms with Crippen LogP contribution >= 0.6 is 11.6 Å². The average Bonchev–Trinajstić information content (AvgIpc) is 2.93. The molecular formula is C14H18ClN3O3. The third-order valence-corrected chi connectivity index (χ3v) is 3.42. The van der Waals surface area contributed by atoms with Crippen molar-refractivity contribution in [3.63, 3.8) is 0 Å². The van der Waals surface area contributed by atoms with E-state index in [9.17, 15) is 0 Å². The molecule has 6 nitrogen and oxygen atoms in total. The third kappa shape index (κ3) is 3.59. The van der Waals surface area contributed by atoms with E-state index in [1.54, 1.807) is 25.1 Å². The van der Waals surface area contributed by atoms with Gasteiger partial charge in [0.15, 0.2) is 11.5 Å². The van der Waals surface area contributed by atoms with Crippen LogP contribution in [0.5, 0.6) is 11.5 Å². The number of anilines is 1. The van der Waals surface area contributed by atoms with E-state index in [4.69, 9.17) is 26.2 Å². The van der Waals surface area contributed by atoms with Crippen molar-refractivity contribution in [3.05, 3.63) is 35.1 Å². The number of methoxy groups -OCH3 is 2. The predicted octanol–water partition coefficient (Wildman–Crippen LogP) is 2.16. The molecule has 2 N–H and O–H groups in total. The summed E-state index contributed by atoms with van der Waals surface area (Å²) < 4.78 is 12.1. The molecule has 7 heteroatoms. The molecule has 1 aromatic carbocycles. The summed E-state index contributed by atoms with van der Waals surface area (Å²) in [6, 6.07) is 3.70. The molecule has 0 radical (unpaired) electrons. The van der Waals surface area contributed by atoms with Crippen molar-refractivity contribution in [2.24, 2.45) is 0 Å². The summed E-state index contributed by atoms with van der Waals surface area (Å²) in [6.45, 7) is 1.06. The summed E-state index contributed by atoms with van der Waals surface area (Å²) in [5.74, 6) is 1.12. The van der Waals surface area contributed by atoms with E-state index in [1.165, 1.54) is 0 Å². The van der Waals surface area contributed by atoms with Crippen LogP contribution < -0.4 is 14.8 Å². The maximum atomic E-state index is 8.86. The Morgan fingerprint density at radius 2 is 2.14 bits per heavy atom. The largest absolute Gasteiger partial charge is 0.493 e. The Morgan fingerprint density at radius 1 is 1.33 bits per heavy atom. The second kappa shape index (κ2) is 7.19. The number of hydrogen-bond acceptors (Lipinski definition) is 5. The minimum atomic E-state index is 0.0582. The van der Waals surface area contributed by atoms with Crippen LogP contribution in [0.25, 0.3) is 0 Å². The number of rotatable bonds is 7. The van der Waals surface area contributed by atoms with E-state index in [0.29, 0.717) is 29.6 Å². The molecule has 0 aliphatic heterocycles. The van der Waals surface area contributed by atoms with Crippen LogP contribution in [0.15, 0.2) is 24.5 Å². The summed E-state index contributed by atoms with van der Waals surface area (Å²) in [6.07, 6.45) is 3.52. The Kier molecular flexibility index (Phi) is 5.30. The van der Waals surface area contributed by atoms with E-state index in [-0.39, 0.29) is 6.61 Å². The van der Waals surface area contributed by atoms with Gasteiger partial charge in [-0.05, 0) is 11.6 Å². The predicted molar refractivity (Wildman–Crippen MR) is 81.2 cm³/mol. The van der Waals surface area contributed by atoms with Gasteiger partial charge in [0.05, 0.1) is 44.3 Å². The molecule has 0 amide bonds. The number of nitrogens with one attached hydrogen (secondary N) is 1.